The molecule has 1 aliphatic heterocycles. The summed E-state index contributed by atoms with van der Waals surface area (Å²) in [5.74, 6) is -1.15. The third-order valence-electron chi connectivity index (χ3n) is 4.80. The quantitative estimate of drug-likeness (QED) is 0.504. The van der Waals surface area contributed by atoms with E-state index in [-0.39, 0.29) is 32.1 Å². The predicted octanol–water partition coefficient (Wildman–Crippen LogP) is 1.21. The van der Waals surface area contributed by atoms with Gasteiger partial charge in [-0.25, -0.2) is 0 Å². The lowest BCUT2D eigenvalue weighted by Crippen LogP contribution is -2.43. The maximum Gasteiger partial charge on any atom is 0.262 e. The maximum absolute atomic E-state index is 12.2. The van der Waals surface area contributed by atoms with Crippen molar-refractivity contribution >= 4 is 23.6 Å². The molecule has 0 aromatic heterocycles. The average Bonchev–Trinajstić information content (AvgIpc) is 2.97. The number of hydrogen-bond donors (Lipinski definition) is 2. The smallest absolute Gasteiger partial charge is 0.262 e. The van der Waals surface area contributed by atoms with Crippen molar-refractivity contribution in [2.75, 3.05) is 26.2 Å². The van der Waals surface area contributed by atoms with Gasteiger partial charge in [-0.05, 0) is 49.2 Å². The van der Waals surface area contributed by atoms with Crippen LogP contribution in [0.15, 0.2) is 42.5 Å². The second-order valence-corrected chi connectivity index (χ2v) is 6.98. The van der Waals surface area contributed by atoms with E-state index in [1.807, 2.05) is 26.0 Å². The molecule has 3 rings (SSSR count). The number of amides is 4. The van der Waals surface area contributed by atoms with Gasteiger partial charge in [0.25, 0.3) is 17.7 Å². The summed E-state index contributed by atoms with van der Waals surface area (Å²) >= 11 is 0. The average molecular weight is 409 g/mol. The van der Waals surface area contributed by atoms with E-state index in [0.29, 0.717) is 16.9 Å². The van der Waals surface area contributed by atoms with Crippen molar-refractivity contribution in [3.05, 3.63) is 64.7 Å². The fourth-order valence-corrected chi connectivity index (χ4v) is 2.99. The SMILES string of the molecule is Cc1ccc(OCC(=O)NCCNC(=O)CN2C(=O)c3ccccc3C2=O)cc1C. The van der Waals surface area contributed by atoms with Gasteiger partial charge in [0.15, 0.2) is 6.61 Å². The van der Waals surface area contributed by atoms with Crippen molar-refractivity contribution in [3.8, 4) is 5.75 Å². The van der Waals surface area contributed by atoms with Gasteiger partial charge in [0.05, 0.1) is 11.1 Å². The number of carbonyl (C=O) groups is 4. The van der Waals surface area contributed by atoms with Crippen LogP contribution < -0.4 is 15.4 Å². The zero-order valence-electron chi connectivity index (χ0n) is 16.9. The molecule has 1 heterocycles. The van der Waals surface area contributed by atoms with Crippen LogP contribution in [0, 0.1) is 13.8 Å². The largest absolute Gasteiger partial charge is 0.484 e. The van der Waals surface area contributed by atoms with Crippen LogP contribution in [0.4, 0.5) is 0 Å². The Hall–Kier alpha value is -3.68. The van der Waals surface area contributed by atoms with Crippen LogP contribution in [0.2, 0.25) is 0 Å². The van der Waals surface area contributed by atoms with Gasteiger partial charge in [0.2, 0.25) is 5.91 Å². The zero-order valence-corrected chi connectivity index (χ0v) is 16.9. The Morgan fingerprint density at radius 3 is 2.07 bits per heavy atom. The second kappa shape index (κ2) is 9.21. The van der Waals surface area contributed by atoms with E-state index >= 15 is 0 Å². The first-order valence-corrected chi connectivity index (χ1v) is 9.55. The zero-order chi connectivity index (χ0) is 21.7. The standard InChI is InChI=1S/C22H23N3O5/c1-14-7-8-16(11-15(14)2)30-13-20(27)24-10-9-23-19(26)12-25-21(28)17-5-3-4-6-18(17)22(25)29/h3-8,11H,9-10,12-13H2,1-2H3,(H,23,26)(H,24,27). The highest BCUT2D eigenvalue weighted by Crippen LogP contribution is 2.21. The van der Waals surface area contributed by atoms with Crippen molar-refractivity contribution in [1.29, 1.82) is 0 Å². The molecule has 0 radical (unpaired) electrons. The molecule has 0 atom stereocenters. The van der Waals surface area contributed by atoms with Gasteiger partial charge in [-0.2, -0.15) is 0 Å². The maximum atomic E-state index is 12.2. The number of aryl methyl sites for hydroxylation is 2. The first-order chi connectivity index (χ1) is 14.4. The summed E-state index contributed by atoms with van der Waals surface area (Å²) < 4.78 is 5.44. The number of nitrogens with one attached hydrogen (secondary N) is 2. The van der Waals surface area contributed by atoms with Gasteiger partial charge in [-0.1, -0.05) is 18.2 Å². The molecule has 2 N–H and O–H groups in total. The lowest BCUT2D eigenvalue weighted by atomic mass is 10.1. The fourth-order valence-electron chi connectivity index (χ4n) is 2.99. The van der Waals surface area contributed by atoms with Gasteiger partial charge in [-0.15, -0.1) is 0 Å². The lowest BCUT2D eigenvalue weighted by Gasteiger charge is -2.14. The first-order valence-electron chi connectivity index (χ1n) is 9.55. The molecule has 2 aromatic rings. The molecule has 0 saturated carbocycles. The molecular weight excluding hydrogens is 386 g/mol. The van der Waals surface area contributed by atoms with Crippen LogP contribution in [0.3, 0.4) is 0 Å². The molecular formula is C22H23N3O5. The molecule has 8 heteroatoms. The van der Waals surface area contributed by atoms with Crippen molar-refractivity contribution in [2.45, 2.75) is 13.8 Å². The van der Waals surface area contributed by atoms with Crippen LogP contribution >= 0.6 is 0 Å². The number of fused-ring (bicyclic) bond motifs is 1. The van der Waals surface area contributed by atoms with Gasteiger partial charge in [-0.3, -0.25) is 24.1 Å². The monoisotopic (exact) mass is 409 g/mol. The Kier molecular flexibility index (Phi) is 6.46. The number of carbonyl (C=O) groups excluding carboxylic acids is 4. The molecule has 0 bridgehead atoms. The molecule has 30 heavy (non-hydrogen) atoms. The number of benzene rings is 2. The van der Waals surface area contributed by atoms with E-state index < -0.39 is 17.7 Å². The van der Waals surface area contributed by atoms with E-state index in [1.54, 1.807) is 30.3 Å². The lowest BCUT2D eigenvalue weighted by molar-refractivity contribution is -0.124. The van der Waals surface area contributed by atoms with E-state index in [1.165, 1.54) is 0 Å². The Bertz CT molecular complexity index is 967. The summed E-state index contributed by atoms with van der Waals surface area (Å²) in [4.78, 5) is 49.3. The summed E-state index contributed by atoms with van der Waals surface area (Å²) in [6.07, 6.45) is 0. The minimum absolute atomic E-state index is 0.133. The molecule has 4 amide bonds. The van der Waals surface area contributed by atoms with Gasteiger partial charge >= 0.3 is 0 Å². The van der Waals surface area contributed by atoms with Crippen molar-refractivity contribution < 1.29 is 23.9 Å². The summed E-state index contributed by atoms with van der Waals surface area (Å²) in [5, 5.41) is 5.21. The topological polar surface area (TPSA) is 105 Å². The molecule has 0 fully saturated rings. The highest BCUT2D eigenvalue weighted by molar-refractivity contribution is 6.22. The van der Waals surface area contributed by atoms with Gasteiger partial charge in [0, 0.05) is 13.1 Å². The van der Waals surface area contributed by atoms with Crippen molar-refractivity contribution in [1.82, 2.24) is 15.5 Å². The molecule has 2 aromatic carbocycles. The number of imide groups is 1. The van der Waals surface area contributed by atoms with Crippen molar-refractivity contribution in [3.63, 3.8) is 0 Å². The third kappa shape index (κ3) is 4.83. The number of ether oxygens (including phenoxy) is 1. The van der Waals surface area contributed by atoms with E-state index in [0.717, 1.165) is 16.0 Å². The second-order valence-electron chi connectivity index (χ2n) is 6.98. The van der Waals surface area contributed by atoms with Crippen molar-refractivity contribution in [2.24, 2.45) is 0 Å². The van der Waals surface area contributed by atoms with Gasteiger partial charge < -0.3 is 15.4 Å². The van der Waals surface area contributed by atoms with E-state index in [2.05, 4.69) is 10.6 Å². The first kappa shape index (κ1) is 21.0. The van der Waals surface area contributed by atoms with Crippen LogP contribution in [0.1, 0.15) is 31.8 Å². The minimum atomic E-state index is -0.484. The Morgan fingerprint density at radius 1 is 0.867 bits per heavy atom. The summed E-state index contributed by atoms with van der Waals surface area (Å²) in [6.45, 7) is 3.82. The summed E-state index contributed by atoms with van der Waals surface area (Å²) in [5.41, 5.74) is 2.81. The summed E-state index contributed by atoms with van der Waals surface area (Å²) in [6, 6.07) is 12.0. The molecule has 0 unspecified atom stereocenters. The molecule has 156 valence electrons. The Morgan fingerprint density at radius 2 is 1.47 bits per heavy atom. The fraction of sp³-hybridized carbons (Fsp3) is 0.273. The molecule has 8 nitrogen and oxygen atoms in total. The number of hydrogen-bond acceptors (Lipinski definition) is 5. The van der Waals surface area contributed by atoms with Gasteiger partial charge in [0.1, 0.15) is 12.3 Å². The van der Waals surface area contributed by atoms with Crippen LogP contribution in [-0.4, -0.2) is 54.8 Å². The van der Waals surface area contributed by atoms with E-state index in [9.17, 15) is 19.2 Å². The Balaban J connectivity index is 1.36. The Labute approximate surface area is 174 Å². The third-order valence-corrected chi connectivity index (χ3v) is 4.80. The highest BCUT2D eigenvalue weighted by atomic mass is 16.5. The minimum Gasteiger partial charge on any atom is -0.484 e. The molecule has 0 spiro atoms. The van der Waals surface area contributed by atoms with E-state index in [4.69, 9.17) is 4.74 Å². The van der Waals surface area contributed by atoms with Crippen LogP contribution in [0.25, 0.3) is 0 Å². The van der Waals surface area contributed by atoms with Crippen LogP contribution in [0.5, 0.6) is 5.75 Å². The molecule has 0 saturated heterocycles. The number of nitrogens with zero attached hydrogens (tertiary/aromatic N) is 1. The highest BCUT2D eigenvalue weighted by Gasteiger charge is 2.36. The molecule has 0 aliphatic carbocycles. The molecule has 1 aliphatic rings. The summed E-state index contributed by atoms with van der Waals surface area (Å²) in [7, 11) is 0. The van der Waals surface area contributed by atoms with Crippen LogP contribution in [-0.2, 0) is 9.59 Å². The number of rotatable bonds is 8. The normalized spacial score (nSPS) is 12.5. The predicted molar refractivity (Wildman–Crippen MR) is 109 cm³/mol.